The van der Waals surface area contributed by atoms with E-state index in [4.69, 9.17) is 15.2 Å². The highest BCUT2D eigenvalue weighted by atomic mass is 19.4. The molecule has 192 valence electrons. The van der Waals surface area contributed by atoms with Gasteiger partial charge >= 0.3 is 12.3 Å². The van der Waals surface area contributed by atoms with E-state index < -0.39 is 29.3 Å². The minimum Gasteiger partial charge on any atom is -0.496 e. The zero-order chi connectivity index (χ0) is 26.8. The molecule has 7 nitrogen and oxygen atoms in total. The van der Waals surface area contributed by atoms with E-state index in [0.29, 0.717) is 17.0 Å². The standard InChI is InChI=1S/C26H22F4N4O3/c1-36-22-5-3-2-4-19(22)23-20(27)13-18(15-33-23)25(37-24(32)35)8-10-34(11-9-25)21-7-6-17(26(28,29)30)12-16(21)14-31/h2-7,12-13,15H,8-11H2,1H3,(H2,32,35). The summed E-state index contributed by atoms with van der Waals surface area (Å²) in [6.45, 7) is 0.395. The fourth-order valence-corrected chi connectivity index (χ4v) is 4.55. The number of pyridine rings is 1. The molecule has 1 aliphatic heterocycles. The van der Waals surface area contributed by atoms with Crippen molar-refractivity contribution in [3.05, 3.63) is 77.2 Å². The van der Waals surface area contributed by atoms with Gasteiger partial charge in [0.05, 0.1) is 23.9 Å². The van der Waals surface area contributed by atoms with E-state index in [2.05, 4.69) is 4.98 Å². The average Bonchev–Trinajstić information content (AvgIpc) is 2.88. The number of amides is 1. The molecule has 2 aromatic carbocycles. The van der Waals surface area contributed by atoms with Crippen LogP contribution in [-0.4, -0.2) is 31.3 Å². The Bertz CT molecular complexity index is 1360. The first-order valence-corrected chi connectivity index (χ1v) is 11.2. The molecule has 1 aliphatic rings. The Morgan fingerprint density at radius 1 is 1.16 bits per heavy atom. The summed E-state index contributed by atoms with van der Waals surface area (Å²) >= 11 is 0. The molecule has 0 atom stereocenters. The summed E-state index contributed by atoms with van der Waals surface area (Å²) in [4.78, 5) is 17.8. The Hall–Kier alpha value is -4.33. The number of hydrogen-bond donors (Lipinski definition) is 1. The first-order valence-electron chi connectivity index (χ1n) is 11.2. The van der Waals surface area contributed by atoms with Crippen molar-refractivity contribution in [2.75, 3.05) is 25.1 Å². The van der Waals surface area contributed by atoms with Gasteiger partial charge in [0.2, 0.25) is 0 Å². The minimum absolute atomic E-state index is 0.0521. The van der Waals surface area contributed by atoms with Crippen LogP contribution < -0.4 is 15.4 Å². The molecule has 4 rings (SSSR count). The van der Waals surface area contributed by atoms with Crippen molar-refractivity contribution in [1.82, 2.24) is 4.98 Å². The lowest BCUT2D eigenvalue weighted by Gasteiger charge is -2.42. The molecule has 0 aliphatic carbocycles. The molecule has 2 N–H and O–H groups in total. The molecule has 11 heteroatoms. The van der Waals surface area contributed by atoms with Crippen LogP contribution >= 0.6 is 0 Å². The summed E-state index contributed by atoms with van der Waals surface area (Å²) in [5.41, 5.74) is 4.07. The van der Waals surface area contributed by atoms with Crippen LogP contribution in [0.15, 0.2) is 54.7 Å². The summed E-state index contributed by atoms with van der Waals surface area (Å²) in [5.74, 6) is -0.228. The second-order valence-electron chi connectivity index (χ2n) is 8.50. The van der Waals surface area contributed by atoms with Gasteiger partial charge in [-0.05, 0) is 36.4 Å². The zero-order valence-electron chi connectivity index (χ0n) is 19.7. The molecular formula is C26H22F4N4O3. The number of hydrogen-bond acceptors (Lipinski definition) is 6. The van der Waals surface area contributed by atoms with E-state index in [1.807, 2.05) is 6.07 Å². The molecular weight excluding hydrogens is 492 g/mol. The molecule has 0 unspecified atom stereocenters. The molecule has 1 fully saturated rings. The van der Waals surface area contributed by atoms with Crippen LogP contribution in [0, 0.1) is 17.1 Å². The molecule has 3 aromatic rings. The third kappa shape index (κ3) is 5.14. The van der Waals surface area contributed by atoms with Crippen molar-refractivity contribution in [3.63, 3.8) is 0 Å². The van der Waals surface area contributed by atoms with Crippen LogP contribution in [0.1, 0.15) is 29.5 Å². The van der Waals surface area contributed by atoms with Gasteiger partial charge in [0.1, 0.15) is 28.9 Å². The predicted octanol–water partition coefficient (Wildman–Crippen LogP) is 5.38. The number of aromatic nitrogens is 1. The van der Waals surface area contributed by atoms with Crippen LogP contribution in [-0.2, 0) is 16.5 Å². The Labute approximate surface area is 210 Å². The highest BCUT2D eigenvalue weighted by Gasteiger charge is 2.41. The van der Waals surface area contributed by atoms with Crippen LogP contribution in [0.2, 0.25) is 0 Å². The van der Waals surface area contributed by atoms with Crippen molar-refractivity contribution in [2.24, 2.45) is 5.73 Å². The number of piperidine rings is 1. The molecule has 0 spiro atoms. The molecule has 1 aromatic heterocycles. The largest absolute Gasteiger partial charge is 0.496 e. The quantitative estimate of drug-likeness (QED) is 0.459. The van der Waals surface area contributed by atoms with Crippen LogP contribution in [0.3, 0.4) is 0 Å². The lowest BCUT2D eigenvalue weighted by Crippen LogP contribution is -2.46. The van der Waals surface area contributed by atoms with Crippen molar-refractivity contribution >= 4 is 11.8 Å². The van der Waals surface area contributed by atoms with Crippen molar-refractivity contribution < 1.29 is 31.8 Å². The van der Waals surface area contributed by atoms with Gasteiger partial charge in [0.25, 0.3) is 0 Å². The van der Waals surface area contributed by atoms with Gasteiger partial charge in [0, 0.05) is 43.3 Å². The van der Waals surface area contributed by atoms with Gasteiger partial charge in [-0.2, -0.15) is 18.4 Å². The van der Waals surface area contributed by atoms with E-state index in [1.165, 1.54) is 25.4 Å². The molecule has 2 heterocycles. The first-order chi connectivity index (χ1) is 17.6. The number of ether oxygens (including phenoxy) is 2. The number of alkyl halides is 3. The highest BCUT2D eigenvalue weighted by Crippen LogP contribution is 2.41. The van der Waals surface area contributed by atoms with E-state index in [-0.39, 0.29) is 42.8 Å². The highest BCUT2D eigenvalue weighted by molar-refractivity contribution is 5.68. The van der Waals surface area contributed by atoms with E-state index in [1.54, 1.807) is 29.2 Å². The van der Waals surface area contributed by atoms with Crippen molar-refractivity contribution in [2.45, 2.75) is 24.6 Å². The maximum Gasteiger partial charge on any atom is 0.416 e. The van der Waals surface area contributed by atoms with E-state index in [0.717, 1.165) is 12.1 Å². The summed E-state index contributed by atoms with van der Waals surface area (Å²) < 4.78 is 65.3. The lowest BCUT2D eigenvalue weighted by atomic mass is 9.84. The number of anilines is 1. The summed E-state index contributed by atoms with van der Waals surface area (Å²) in [5, 5.41) is 9.44. The number of benzene rings is 2. The number of nitrogens with zero attached hydrogens (tertiary/aromatic N) is 3. The Kier molecular flexibility index (Phi) is 6.94. The number of primary amides is 1. The molecule has 0 saturated carbocycles. The van der Waals surface area contributed by atoms with Crippen LogP contribution in [0.5, 0.6) is 5.75 Å². The third-order valence-electron chi connectivity index (χ3n) is 6.38. The Morgan fingerprint density at radius 3 is 2.46 bits per heavy atom. The zero-order valence-corrected chi connectivity index (χ0v) is 19.7. The summed E-state index contributed by atoms with van der Waals surface area (Å²) in [7, 11) is 1.46. The summed E-state index contributed by atoms with van der Waals surface area (Å²) in [6, 6.07) is 12.8. The monoisotopic (exact) mass is 514 g/mol. The Morgan fingerprint density at radius 2 is 1.86 bits per heavy atom. The second-order valence-corrected chi connectivity index (χ2v) is 8.50. The normalized spacial score (nSPS) is 15.1. The molecule has 0 radical (unpaired) electrons. The summed E-state index contributed by atoms with van der Waals surface area (Å²) in [6.07, 6.45) is -3.96. The number of rotatable bonds is 5. The molecule has 0 bridgehead atoms. The maximum atomic E-state index is 15.3. The molecule has 1 amide bonds. The predicted molar refractivity (Wildman–Crippen MR) is 126 cm³/mol. The number of carbonyl (C=O) groups excluding carboxylic acids is 1. The number of para-hydroxylation sites is 1. The number of nitriles is 1. The van der Waals surface area contributed by atoms with Gasteiger partial charge < -0.3 is 20.1 Å². The number of methoxy groups -OCH3 is 1. The van der Waals surface area contributed by atoms with Gasteiger partial charge in [0.15, 0.2) is 0 Å². The number of nitrogens with two attached hydrogens (primary N) is 1. The fourth-order valence-electron chi connectivity index (χ4n) is 4.55. The van der Waals surface area contributed by atoms with E-state index >= 15 is 4.39 Å². The maximum absolute atomic E-state index is 15.3. The third-order valence-corrected chi connectivity index (χ3v) is 6.38. The van der Waals surface area contributed by atoms with Gasteiger partial charge in [-0.3, -0.25) is 4.98 Å². The topological polar surface area (TPSA) is 101 Å². The van der Waals surface area contributed by atoms with Gasteiger partial charge in [-0.1, -0.05) is 12.1 Å². The Balaban J connectivity index is 1.64. The average molecular weight is 514 g/mol. The second kappa shape index (κ2) is 9.97. The SMILES string of the molecule is COc1ccccc1-c1ncc(C2(OC(N)=O)CCN(c3ccc(C(F)(F)F)cc3C#N)CC2)cc1F. The minimum atomic E-state index is -4.58. The molecule has 1 saturated heterocycles. The smallest absolute Gasteiger partial charge is 0.416 e. The van der Waals surface area contributed by atoms with Gasteiger partial charge in [-0.25, -0.2) is 9.18 Å². The van der Waals surface area contributed by atoms with E-state index in [9.17, 15) is 23.2 Å². The lowest BCUT2D eigenvalue weighted by molar-refractivity contribution is -0.137. The fraction of sp³-hybridized carbons (Fsp3) is 0.269. The van der Waals surface area contributed by atoms with Crippen LogP contribution in [0.4, 0.5) is 28.0 Å². The van der Waals surface area contributed by atoms with Crippen molar-refractivity contribution in [3.8, 4) is 23.1 Å². The molecule has 37 heavy (non-hydrogen) atoms. The van der Waals surface area contributed by atoms with Crippen molar-refractivity contribution in [1.29, 1.82) is 5.26 Å². The van der Waals surface area contributed by atoms with Gasteiger partial charge in [-0.15, -0.1) is 0 Å². The van der Waals surface area contributed by atoms with Crippen LogP contribution in [0.25, 0.3) is 11.3 Å². The first kappa shape index (κ1) is 25.8. The number of halogens is 4. The number of carbonyl (C=O) groups is 1.